The maximum Gasteiger partial charge on any atom is 0.0820 e. The number of rotatable bonds is 9. The van der Waals surface area contributed by atoms with Crippen LogP contribution in [0.3, 0.4) is 0 Å². The second-order valence-corrected chi connectivity index (χ2v) is 5.35. The van der Waals surface area contributed by atoms with Gasteiger partial charge >= 0.3 is 0 Å². The molecule has 0 saturated heterocycles. The number of hydrogen-bond donors (Lipinski definition) is 2. The number of aliphatic hydroxyl groups is 1. The Morgan fingerprint density at radius 3 is 2.61 bits per heavy atom. The van der Waals surface area contributed by atoms with Gasteiger partial charge in [0.15, 0.2) is 0 Å². The van der Waals surface area contributed by atoms with Crippen LogP contribution in [-0.4, -0.2) is 42.4 Å². The minimum Gasteiger partial charge on any atom is -0.396 e. The van der Waals surface area contributed by atoms with Gasteiger partial charge in [0, 0.05) is 25.8 Å². The van der Waals surface area contributed by atoms with Gasteiger partial charge in [-0.15, -0.1) is 0 Å². The van der Waals surface area contributed by atoms with E-state index in [1.54, 1.807) is 6.21 Å². The molecule has 5 nitrogen and oxygen atoms in total. The number of aliphatic imine (C=N–C) groups is 1. The molecule has 0 atom stereocenters. The third-order valence-electron chi connectivity index (χ3n) is 2.43. The molecule has 0 aromatic carbocycles. The fourth-order valence-corrected chi connectivity index (χ4v) is 1.26. The summed E-state index contributed by atoms with van der Waals surface area (Å²) in [5.74, 6) is 5.82. The van der Waals surface area contributed by atoms with Crippen LogP contribution in [0.2, 0.25) is 0 Å². The van der Waals surface area contributed by atoms with Gasteiger partial charge in [-0.2, -0.15) is 5.10 Å². The lowest BCUT2D eigenvalue weighted by Crippen LogP contribution is -2.29. The SMILES string of the molecule is CC(C)CCOC(C)(C)CN=C/C(CCO)=N\N. The third-order valence-corrected chi connectivity index (χ3v) is 2.43. The second kappa shape index (κ2) is 9.05. The van der Waals surface area contributed by atoms with Crippen LogP contribution in [0.25, 0.3) is 0 Å². The number of aliphatic hydroxyl groups excluding tert-OH is 1. The molecule has 0 fully saturated rings. The van der Waals surface area contributed by atoms with E-state index in [0.717, 1.165) is 13.0 Å². The summed E-state index contributed by atoms with van der Waals surface area (Å²) in [5.41, 5.74) is 0.306. The topological polar surface area (TPSA) is 80.2 Å². The Balaban J connectivity index is 4.04. The first-order valence-electron chi connectivity index (χ1n) is 6.42. The first kappa shape index (κ1) is 17.1. The lowest BCUT2D eigenvalue weighted by atomic mass is 10.1. The maximum absolute atomic E-state index is 8.77. The first-order chi connectivity index (χ1) is 8.41. The largest absolute Gasteiger partial charge is 0.396 e. The molecule has 0 aromatic rings. The average Bonchev–Trinajstić information content (AvgIpc) is 2.26. The zero-order valence-electron chi connectivity index (χ0n) is 12.0. The monoisotopic (exact) mass is 257 g/mol. The Hall–Kier alpha value is -0.940. The molecule has 0 amide bonds. The summed E-state index contributed by atoms with van der Waals surface area (Å²) in [4.78, 5) is 4.26. The van der Waals surface area contributed by atoms with E-state index < -0.39 is 0 Å². The summed E-state index contributed by atoms with van der Waals surface area (Å²) in [7, 11) is 0. The van der Waals surface area contributed by atoms with Gasteiger partial charge in [-0.3, -0.25) is 4.99 Å². The van der Waals surface area contributed by atoms with Crippen molar-refractivity contribution in [3.8, 4) is 0 Å². The highest BCUT2D eigenvalue weighted by atomic mass is 16.5. The molecular formula is C13H27N3O2. The highest BCUT2D eigenvalue weighted by Crippen LogP contribution is 2.11. The van der Waals surface area contributed by atoms with Gasteiger partial charge < -0.3 is 15.7 Å². The van der Waals surface area contributed by atoms with Crippen LogP contribution in [0.15, 0.2) is 10.1 Å². The van der Waals surface area contributed by atoms with Gasteiger partial charge in [0.25, 0.3) is 0 Å². The van der Waals surface area contributed by atoms with E-state index in [1.807, 2.05) is 13.8 Å². The van der Waals surface area contributed by atoms with E-state index >= 15 is 0 Å². The van der Waals surface area contributed by atoms with Crippen LogP contribution >= 0.6 is 0 Å². The molecule has 0 aromatic heterocycles. The summed E-state index contributed by atoms with van der Waals surface area (Å²) in [5, 5.41) is 12.3. The molecule has 106 valence electrons. The molecule has 0 unspecified atom stereocenters. The Morgan fingerprint density at radius 2 is 2.11 bits per heavy atom. The second-order valence-electron chi connectivity index (χ2n) is 5.35. The smallest absolute Gasteiger partial charge is 0.0820 e. The van der Waals surface area contributed by atoms with Crippen LogP contribution in [0.5, 0.6) is 0 Å². The van der Waals surface area contributed by atoms with Crippen molar-refractivity contribution < 1.29 is 9.84 Å². The molecular weight excluding hydrogens is 230 g/mol. The van der Waals surface area contributed by atoms with Gasteiger partial charge in [0.1, 0.15) is 0 Å². The molecule has 0 spiro atoms. The Morgan fingerprint density at radius 1 is 1.44 bits per heavy atom. The minimum atomic E-state index is -0.287. The normalized spacial score (nSPS) is 13.8. The van der Waals surface area contributed by atoms with Gasteiger partial charge in [0.2, 0.25) is 0 Å². The van der Waals surface area contributed by atoms with Gasteiger partial charge in [-0.1, -0.05) is 13.8 Å². The molecule has 18 heavy (non-hydrogen) atoms. The van der Waals surface area contributed by atoms with Crippen LogP contribution in [0.1, 0.15) is 40.5 Å². The number of nitrogens with two attached hydrogens (primary N) is 1. The summed E-state index contributed by atoms with van der Waals surface area (Å²) in [6.45, 7) is 9.69. The molecule has 0 saturated carbocycles. The number of nitrogens with zero attached hydrogens (tertiary/aromatic N) is 2. The van der Waals surface area contributed by atoms with E-state index in [1.165, 1.54) is 0 Å². The standard InChI is InChI=1S/C13H27N3O2/c1-11(2)6-8-18-13(3,4)10-15-9-12(16-14)5-7-17/h9,11,17H,5-8,10,14H2,1-4H3/b15-9?,16-12-. The third kappa shape index (κ3) is 9.13. The molecule has 0 aliphatic rings. The molecule has 0 heterocycles. The van der Waals surface area contributed by atoms with Crippen molar-refractivity contribution in [3.05, 3.63) is 0 Å². The van der Waals surface area contributed by atoms with Crippen molar-refractivity contribution in [2.24, 2.45) is 21.9 Å². The number of ether oxygens (including phenoxy) is 1. The lowest BCUT2D eigenvalue weighted by Gasteiger charge is -2.23. The molecule has 0 rings (SSSR count). The van der Waals surface area contributed by atoms with Gasteiger partial charge in [-0.05, 0) is 26.2 Å². The van der Waals surface area contributed by atoms with Crippen LogP contribution in [0, 0.1) is 5.92 Å². The number of hydrogen-bond acceptors (Lipinski definition) is 5. The van der Waals surface area contributed by atoms with Crippen LogP contribution in [-0.2, 0) is 4.74 Å². The van der Waals surface area contributed by atoms with E-state index in [-0.39, 0.29) is 12.2 Å². The summed E-state index contributed by atoms with van der Waals surface area (Å²) < 4.78 is 5.78. The predicted octanol–water partition coefficient (Wildman–Crippen LogP) is 1.60. The van der Waals surface area contributed by atoms with E-state index in [0.29, 0.717) is 24.6 Å². The van der Waals surface area contributed by atoms with Crippen LogP contribution < -0.4 is 5.84 Å². The van der Waals surface area contributed by atoms with Gasteiger partial charge in [0.05, 0.1) is 17.9 Å². The van der Waals surface area contributed by atoms with Crippen molar-refractivity contribution in [3.63, 3.8) is 0 Å². The van der Waals surface area contributed by atoms with E-state index in [2.05, 4.69) is 23.9 Å². The Kier molecular flexibility index (Phi) is 8.58. The average molecular weight is 257 g/mol. The molecule has 0 bridgehead atoms. The Labute approximate surface area is 110 Å². The molecule has 3 N–H and O–H groups in total. The van der Waals surface area contributed by atoms with Crippen molar-refractivity contribution in [1.29, 1.82) is 0 Å². The zero-order chi connectivity index (χ0) is 14.0. The van der Waals surface area contributed by atoms with E-state index in [4.69, 9.17) is 15.7 Å². The molecule has 0 aliphatic carbocycles. The number of hydrazone groups is 1. The molecule has 0 radical (unpaired) electrons. The molecule has 5 heteroatoms. The fraction of sp³-hybridized carbons (Fsp3) is 0.846. The Bertz CT molecular complexity index is 273. The lowest BCUT2D eigenvalue weighted by molar-refractivity contribution is -0.0145. The highest BCUT2D eigenvalue weighted by molar-refractivity contribution is 6.30. The van der Waals surface area contributed by atoms with Gasteiger partial charge in [-0.25, -0.2) is 0 Å². The first-order valence-corrected chi connectivity index (χ1v) is 6.42. The molecule has 0 aliphatic heterocycles. The minimum absolute atomic E-state index is 0.0241. The van der Waals surface area contributed by atoms with Crippen molar-refractivity contribution in [1.82, 2.24) is 0 Å². The fourth-order valence-electron chi connectivity index (χ4n) is 1.26. The summed E-state index contributed by atoms with van der Waals surface area (Å²) in [6, 6.07) is 0. The zero-order valence-corrected chi connectivity index (χ0v) is 12.0. The quantitative estimate of drug-likeness (QED) is 0.374. The summed E-state index contributed by atoms with van der Waals surface area (Å²) >= 11 is 0. The predicted molar refractivity (Wildman–Crippen MR) is 76.2 cm³/mol. The highest BCUT2D eigenvalue weighted by Gasteiger charge is 2.17. The van der Waals surface area contributed by atoms with E-state index in [9.17, 15) is 0 Å². The summed E-state index contributed by atoms with van der Waals surface area (Å²) in [6.07, 6.45) is 3.07. The van der Waals surface area contributed by atoms with Crippen molar-refractivity contribution >= 4 is 11.9 Å². The maximum atomic E-state index is 8.77. The van der Waals surface area contributed by atoms with Crippen molar-refractivity contribution in [2.75, 3.05) is 19.8 Å². The van der Waals surface area contributed by atoms with Crippen LogP contribution in [0.4, 0.5) is 0 Å². The van der Waals surface area contributed by atoms with Crippen molar-refractivity contribution in [2.45, 2.75) is 46.1 Å².